The summed E-state index contributed by atoms with van der Waals surface area (Å²) in [6.45, 7) is 11.6. The van der Waals surface area contributed by atoms with E-state index in [0.29, 0.717) is 30.5 Å². The molecule has 1 aliphatic heterocycles. The van der Waals surface area contributed by atoms with Crippen molar-refractivity contribution in [2.75, 3.05) is 11.4 Å². The van der Waals surface area contributed by atoms with E-state index in [1.54, 1.807) is 0 Å². The topological polar surface area (TPSA) is 126 Å². The van der Waals surface area contributed by atoms with E-state index in [0.717, 1.165) is 39.7 Å². The van der Waals surface area contributed by atoms with Crippen molar-refractivity contribution in [1.29, 1.82) is 0 Å². The quantitative estimate of drug-likeness (QED) is 0.342. The SMILES string of the molecule is Cc1cncc(-c2nc(-c3noc(=O)[nH]3)cc3nc(N4CC(O)C[C@H]4C(C)C)n(C(C)C4CCC(C)CC4)c23)c1. The number of aliphatic hydroxyl groups excluding tert-OH is 1. The zero-order valence-corrected chi connectivity index (χ0v) is 24.0. The second kappa shape index (κ2) is 10.5. The van der Waals surface area contributed by atoms with Gasteiger partial charge in [-0.1, -0.05) is 38.8 Å². The Hall–Kier alpha value is -3.53. The maximum Gasteiger partial charge on any atom is 0.439 e. The van der Waals surface area contributed by atoms with Crippen molar-refractivity contribution in [1.82, 2.24) is 29.7 Å². The van der Waals surface area contributed by atoms with Crippen molar-refractivity contribution in [3.63, 3.8) is 0 Å². The molecular weight excluding hydrogens is 506 g/mol. The Morgan fingerprint density at radius 3 is 2.55 bits per heavy atom. The lowest BCUT2D eigenvalue weighted by Crippen LogP contribution is -2.36. The van der Waals surface area contributed by atoms with Crippen molar-refractivity contribution >= 4 is 17.0 Å². The number of rotatable bonds is 6. The van der Waals surface area contributed by atoms with Gasteiger partial charge in [0.15, 0.2) is 0 Å². The van der Waals surface area contributed by atoms with E-state index in [4.69, 9.17) is 14.5 Å². The van der Waals surface area contributed by atoms with Gasteiger partial charge in [-0.2, -0.15) is 0 Å². The third kappa shape index (κ3) is 4.82. The smallest absolute Gasteiger partial charge is 0.391 e. The maximum absolute atomic E-state index is 11.8. The summed E-state index contributed by atoms with van der Waals surface area (Å²) in [5.41, 5.74) is 4.81. The van der Waals surface area contributed by atoms with Crippen molar-refractivity contribution in [3.8, 4) is 22.8 Å². The zero-order chi connectivity index (χ0) is 28.1. The number of hydrogen-bond donors (Lipinski definition) is 2. The Morgan fingerprint density at radius 1 is 1.10 bits per heavy atom. The molecule has 0 bridgehead atoms. The fourth-order valence-electron chi connectivity index (χ4n) is 6.73. The summed E-state index contributed by atoms with van der Waals surface area (Å²) < 4.78 is 7.19. The number of hydrogen-bond acceptors (Lipinski definition) is 8. The molecule has 2 unspecified atom stereocenters. The number of imidazole rings is 1. The van der Waals surface area contributed by atoms with Crippen LogP contribution in [0.2, 0.25) is 0 Å². The first kappa shape index (κ1) is 26.7. The number of β-amino-alcohol motifs (C(OH)–C–C–N with tert-alkyl or cyclic N) is 1. The third-order valence-electron chi connectivity index (χ3n) is 8.98. The van der Waals surface area contributed by atoms with Crippen molar-refractivity contribution in [3.05, 3.63) is 40.6 Å². The second-order valence-electron chi connectivity index (χ2n) is 12.3. The van der Waals surface area contributed by atoms with Gasteiger partial charge in [-0.05, 0) is 68.6 Å². The van der Waals surface area contributed by atoms with E-state index >= 15 is 0 Å². The van der Waals surface area contributed by atoms with Gasteiger partial charge in [-0.15, -0.1) is 0 Å². The number of pyridine rings is 2. The monoisotopic (exact) mass is 545 g/mol. The average Bonchev–Trinajstić information content (AvgIpc) is 3.64. The fourth-order valence-corrected chi connectivity index (χ4v) is 6.73. The predicted octanol–water partition coefficient (Wildman–Crippen LogP) is 5.13. The van der Waals surface area contributed by atoms with Gasteiger partial charge in [0.2, 0.25) is 11.8 Å². The number of aromatic amines is 1. The molecule has 3 atom stereocenters. The van der Waals surface area contributed by atoms with Crippen LogP contribution in [0, 0.1) is 24.7 Å². The van der Waals surface area contributed by atoms with Crippen LogP contribution in [0.25, 0.3) is 33.8 Å². The molecule has 0 aromatic carbocycles. The number of anilines is 1. The number of aromatic nitrogens is 6. The molecule has 5 heterocycles. The molecule has 6 rings (SSSR count). The number of fused-ring (bicyclic) bond motifs is 1. The molecule has 1 aliphatic carbocycles. The van der Waals surface area contributed by atoms with Gasteiger partial charge < -0.3 is 14.6 Å². The first-order chi connectivity index (χ1) is 19.2. The number of aliphatic hydroxyl groups is 1. The summed E-state index contributed by atoms with van der Waals surface area (Å²) in [5, 5.41) is 14.7. The minimum Gasteiger partial charge on any atom is -0.391 e. The van der Waals surface area contributed by atoms with Crippen LogP contribution in [0.4, 0.5) is 5.95 Å². The van der Waals surface area contributed by atoms with Crippen LogP contribution in [0.5, 0.6) is 0 Å². The lowest BCUT2D eigenvalue weighted by Gasteiger charge is -2.35. The second-order valence-corrected chi connectivity index (χ2v) is 12.3. The molecule has 0 radical (unpaired) electrons. The molecule has 212 valence electrons. The molecule has 4 aromatic rings. The highest BCUT2D eigenvalue weighted by molar-refractivity contribution is 5.94. The number of nitrogens with zero attached hydrogens (tertiary/aromatic N) is 6. The largest absolute Gasteiger partial charge is 0.439 e. The van der Waals surface area contributed by atoms with E-state index < -0.39 is 11.9 Å². The number of aryl methyl sites for hydroxylation is 1. The summed E-state index contributed by atoms with van der Waals surface area (Å²) >= 11 is 0. The van der Waals surface area contributed by atoms with Gasteiger partial charge in [0.25, 0.3) is 0 Å². The highest BCUT2D eigenvalue weighted by Crippen LogP contribution is 2.43. The minimum atomic E-state index is -0.632. The summed E-state index contributed by atoms with van der Waals surface area (Å²) in [7, 11) is 0. The molecular formula is C30H39N7O3. The van der Waals surface area contributed by atoms with Gasteiger partial charge in [-0.25, -0.2) is 14.8 Å². The van der Waals surface area contributed by atoms with Crippen LogP contribution in [0.3, 0.4) is 0 Å². The van der Waals surface area contributed by atoms with Crippen molar-refractivity contribution in [2.24, 2.45) is 17.8 Å². The Morgan fingerprint density at radius 2 is 1.88 bits per heavy atom. The number of H-pyrrole nitrogens is 1. The molecule has 40 heavy (non-hydrogen) atoms. The van der Waals surface area contributed by atoms with Gasteiger partial charge in [-0.3, -0.25) is 14.5 Å². The summed E-state index contributed by atoms with van der Waals surface area (Å²) in [4.78, 5) is 31.5. The molecule has 10 nitrogen and oxygen atoms in total. The van der Waals surface area contributed by atoms with E-state index in [1.807, 2.05) is 25.4 Å². The lowest BCUT2D eigenvalue weighted by molar-refractivity contribution is 0.191. The maximum atomic E-state index is 11.8. The first-order valence-electron chi connectivity index (χ1n) is 14.6. The van der Waals surface area contributed by atoms with Gasteiger partial charge in [0.05, 0.1) is 22.8 Å². The molecule has 0 amide bonds. The van der Waals surface area contributed by atoms with Gasteiger partial charge >= 0.3 is 5.76 Å². The molecule has 2 fully saturated rings. The van der Waals surface area contributed by atoms with Crippen molar-refractivity contribution < 1.29 is 9.63 Å². The van der Waals surface area contributed by atoms with E-state index in [2.05, 4.69) is 58.4 Å². The molecule has 1 saturated carbocycles. The molecule has 2 aliphatic rings. The molecule has 1 saturated heterocycles. The van der Waals surface area contributed by atoms with Crippen LogP contribution in [-0.2, 0) is 0 Å². The van der Waals surface area contributed by atoms with Crippen molar-refractivity contribution in [2.45, 2.75) is 84.9 Å². The highest BCUT2D eigenvalue weighted by Gasteiger charge is 2.38. The Labute approximate surface area is 233 Å². The van der Waals surface area contributed by atoms with Crippen LogP contribution in [0.1, 0.15) is 71.4 Å². The van der Waals surface area contributed by atoms with Crippen LogP contribution < -0.4 is 10.7 Å². The standard InChI is InChI=1S/C30H39N7O3/c1-16(2)25-11-22(38)15-36(25)29-33-23-12-24(28-34-30(39)40-35-28)32-26(21-10-18(4)13-31-14-21)27(23)37(29)19(5)20-8-6-17(3)7-9-20/h10,12-14,16-17,19-20,22,25,38H,6-9,11,15H2,1-5H3,(H,34,35,39)/t17?,19?,20?,22?,25-/m0/s1. The van der Waals surface area contributed by atoms with E-state index in [-0.39, 0.29) is 17.9 Å². The van der Waals surface area contributed by atoms with Gasteiger partial charge in [0, 0.05) is 36.6 Å². The summed E-state index contributed by atoms with van der Waals surface area (Å²) in [6, 6.07) is 4.30. The average molecular weight is 546 g/mol. The number of nitrogens with one attached hydrogen (secondary N) is 1. The Bertz CT molecular complexity index is 1560. The molecule has 0 spiro atoms. The minimum absolute atomic E-state index is 0.174. The van der Waals surface area contributed by atoms with E-state index in [9.17, 15) is 9.90 Å². The normalized spacial score (nSPS) is 24.3. The fraction of sp³-hybridized carbons (Fsp3) is 0.567. The van der Waals surface area contributed by atoms with Crippen LogP contribution in [0.15, 0.2) is 33.8 Å². The zero-order valence-electron chi connectivity index (χ0n) is 24.0. The predicted molar refractivity (Wildman–Crippen MR) is 154 cm³/mol. The third-order valence-corrected chi connectivity index (χ3v) is 8.98. The van der Waals surface area contributed by atoms with Crippen LogP contribution >= 0.6 is 0 Å². The Kier molecular flexibility index (Phi) is 6.98. The molecule has 10 heteroatoms. The van der Waals surface area contributed by atoms with E-state index in [1.165, 1.54) is 25.7 Å². The Balaban J connectivity index is 1.62. The molecule has 2 N–H and O–H groups in total. The van der Waals surface area contributed by atoms with Gasteiger partial charge in [0.1, 0.15) is 5.69 Å². The van der Waals surface area contributed by atoms with Crippen LogP contribution in [-0.4, -0.2) is 53.5 Å². The first-order valence-corrected chi connectivity index (χ1v) is 14.6. The summed E-state index contributed by atoms with van der Waals surface area (Å²) in [5.74, 6) is 2.11. The highest BCUT2D eigenvalue weighted by atomic mass is 16.5. The molecule has 4 aromatic heterocycles. The lowest BCUT2D eigenvalue weighted by atomic mass is 9.79. The summed E-state index contributed by atoms with van der Waals surface area (Å²) in [6.07, 6.45) is 8.76.